The Morgan fingerprint density at radius 1 is 1.18 bits per heavy atom. The molecule has 0 fully saturated rings. The Labute approximate surface area is 225 Å². The number of hydrogen-bond acceptors (Lipinski definition) is 9. The third-order valence-electron chi connectivity index (χ3n) is 6.21. The molecule has 2 aromatic carbocycles. The molecule has 39 heavy (non-hydrogen) atoms. The van der Waals surface area contributed by atoms with E-state index in [-0.39, 0.29) is 23.4 Å². The number of carbonyl (C=O) groups is 1. The summed E-state index contributed by atoms with van der Waals surface area (Å²) >= 11 is 1.16. The second-order valence-corrected chi connectivity index (χ2v) is 9.56. The quantitative estimate of drug-likeness (QED) is 0.195. The second kappa shape index (κ2) is 10.5. The molecule has 0 unspecified atom stereocenters. The number of carbonyl (C=O) groups excluding carboxylic acids is 1. The molecular formula is C28H23N3O7S. The van der Waals surface area contributed by atoms with Crippen LogP contribution >= 0.6 is 11.3 Å². The van der Waals surface area contributed by atoms with E-state index in [0.29, 0.717) is 43.4 Å². The maximum Gasteiger partial charge on any atom is 0.338 e. The number of nitro benzene ring substituents is 1. The first-order valence-electron chi connectivity index (χ1n) is 12.0. The number of aromatic nitrogens is 1. The number of nitro groups is 1. The van der Waals surface area contributed by atoms with Gasteiger partial charge in [0.1, 0.15) is 17.3 Å². The van der Waals surface area contributed by atoms with Crippen molar-refractivity contribution in [2.75, 3.05) is 13.7 Å². The lowest BCUT2D eigenvalue weighted by atomic mass is 9.96. The lowest BCUT2D eigenvalue weighted by molar-refractivity contribution is -0.384. The summed E-state index contributed by atoms with van der Waals surface area (Å²) in [5, 5.41) is 11.4. The smallest absolute Gasteiger partial charge is 0.338 e. The first kappa shape index (κ1) is 25.9. The SMILES string of the molecule is CCOC(=O)C1=C(C)N=c2s/c(=C\c3ccc(-c4ccccc4[N+](=O)[O-])o3)c(=O)n2[C@H]1c1ccc(OC)cc1. The fourth-order valence-corrected chi connectivity index (χ4v) is 5.47. The summed E-state index contributed by atoms with van der Waals surface area (Å²) in [6.07, 6.45) is 1.57. The molecule has 1 atom stereocenters. The number of thiazole rings is 1. The van der Waals surface area contributed by atoms with E-state index in [9.17, 15) is 19.7 Å². The summed E-state index contributed by atoms with van der Waals surface area (Å²) in [6, 6.07) is 15.9. The zero-order chi connectivity index (χ0) is 27.7. The highest BCUT2D eigenvalue weighted by molar-refractivity contribution is 7.07. The van der Waals surface area contributed by atoms with Gasteiger partial charge in [-0.2, -0.15) is 0 Å². The van der Waals surface area contributed by atoms with Crippen LogP contribution in [0.1, 0.15) is 31.2 Å². The van der Waals surface area contributed by atoms with Gasteiger partial charge in [-0.15, -0.1) is 0 Å². The van der Waals surface area contributed by atoms with Gasteiger partial charge < -0.3 is 13.9 Å². The molecule has 198 valence electrons. The number of nitrogens with zero attached hydrogens (tertiary/aromatic N) is 3. The van der Waals surface area contributed by atoms with Crippen molar-refractivity contribution in [1.82, 2.24) is 4.57 Å². The van der Waals surface area contributed by atoms with Gasteiger partial charge in [-0.3, -0.25) is 19.5 Å². The normalized spacial score (nSPS) is 15.1. The van der Waals surface area contributed by atoms with Gasteiger partial charge in [0.2, 0.25) is 0 Å². The first-order valence-corrected chi connectivity index (χ1v) is 12.8. The zero-order valence-corrected chi connectivity index (χ0v) is 22.1. The predicted octanol–water partition coefficient (Wildman–Crippen LogP) is 3.98. The van der Waals surface area contributed by atoms with E-state index in [1.807, 2.05) is 0 Å². The minimum Gasteiger partial charge on any atom is -0.497 e. The largest absolute Gasteiger partial charge is 0.497 e. The van der Waals surface area contributed by atoms with Gasteiger partial charge in [0.15, 0.2) is 4.80 Å². The van der Waals surface area contributed by atoms with Crippen molar-refractivity contribution in [3.8, 4) is 17.1 Å². The minimum atomic E-state index is -0.757. The van der Waals surface area contributed by atoms with Crippen LogP contribution in [0, 0.1) is 10.1 Å². The summed E-state index contributed by atoms with van der Waals surface area (Å²) in [7, 11) is 1.56. The third-order valence-corrected chi connectivity index (χ3v) is 7.20. The maximum atomic E-state index is 13.7. The van der Waals surface area contributed by atoms with E-state index in [2.05, 4.69) is 4.99 Å². The summed E-state index contributed by atoms with van der Waals surface area (Å²) in [5.41, 5.74) is 1.31. The van der Waals surface area contributed by atoms with Crippen molar-refractivity contribution in [2.24, 2.45) is 4.99 Å². The second-order valence-electron chi connectivity index (χ2n) is 8.55. The molecule has 10 nitrogen and oxygen atoms in total. The Hall–Kier alpha value is -4.77. The van der Waals surface area contributed by atoms with Crippen LogP contribution in [-0.2, 0) is 9.53 Å². The third kappa shape index (κ3) is 4.79. The highest BCUT2D eigenvalue weighted by Crippen LogP contribution is 2.32. The molecule has 0 radical (unpaired) electrons. The van der Waals surface area contributed by atoms with Gasteiger partial charge in [0.25, 0.3) is 11.2 Å². The van der Waals surface area contributed by atoms with Crippen LogP contribution in [0.2, 0.25) is 0 Å². The fourth-order valence-electron chi connectivity index (χ4n) is 4.44. The average Bonchev–Trinajstić information content (AvgIpc) is 3.52. The number of furan rings is 1. The molecule has 0 bridgehead atoms. The average molecular weight is 546 g/mol. The molecule has 0 saturated heterocycles. The van der Waals surface area contributed by atoms with Crippen molar-refractivity contribution in [3.63, 3.8) is 0 Å². The van der Waals surface area contributed by atoms with E-state index >= 15 is 0 Å². The van der Waals surface area contributed by atoms with Crippen LogP contribution in [-0.4, -0.2) is 29.2 Å². The van der Waals surface area contributed by atoms with E-state index in [0.717, 1.165) is 11.3 Å². The van der Waals surface area contributed by atoms with Gasteiger partial charge in [-0.05, 0) is 49.7 Å². The highest BCUT2D eigenvalue weighted by atomic mass is 32.1. The van der Waals surface area contributed by atoms with Gasteiger partial charge in [0.05, 0.1) is 46.0 Å². The monoisotopic (exact) mass is 545 g/mol. The van der Waals surface area contributed by atoms with Crippen molar-refractivity contribution >= 4 is 29.1 Å². The maximum absolute atomic E-state index is 13.7. The van der Waals surface area contributed by atoms with Gasteiger partial charge in [0, 0.05) is 12.1 Å². The van der Waals surface area contributed by atoms with Gasteiger partial charge in [-0.25, -0.2) is 9.79 Å². The van der Waals surface area contributed by atoms with Gasteiger partial charge >= 0.3 is 5.97 Å². The predicted molar refractivity (Wildman–Crippen MR) is 144 cm³/mol. The number of methoxy groups -OCH3 is 1. The molecule has 4 aromatic rings. The minimum absolute atomic E-state index is 0.0840. The Morgan fingerprint density at radius 3 is 2.62 bits per heavy atom. The van der Waals surface area contributed by atoms with E-state index in [1.54, 1.807) is 81.6 Å². The number of rotatable bonds is 7. The van der Waals surface area contributed by atoms with Crippen LogP contribution in [0.25, 0.3) is 17.4 Å². The Kier molecular flexibility index (Phi) is 6.99. The number of fused-ring (bicyclic) bond motifs is 1. The highest BCUT2D eigenvalue weighted by Gasteiger charge is 2.33. The van der Waals surface area contributed by atoms with Gasteiger partial charge in [-0.1, -0.05) is 35.6 Å². The van der Waals surface area contributed by atoms with Crippen LogP contribution < -0.4 is 19.6 Å². The molecular weight excluding hydrogens is 522 g/mol. The fraction of sp³-hybridized carbons (Fsp3) is 0.179. The number of ether oxygens (including phenoxy) is 2. The molecule has 5 rings (SSSR count). The standard InChI is InChI=1S/C28H23N3O7S/c1-4-37-27(33)24-16(2)29-28-30(25(24)17-9-11-18(36-3)12-10-17)26(32)23(39-28)15-19-13-14-22(38-19)20-7-5-6-8-21(20)31(34)35/h5-15,25H,4H2,1-3H3/b23-15-/t25-/m0/s1. The summed E-state index contributed by atoms with van der Waals surface area (Å²) in [4.78, 5) is 42.7. The zero-order valence-electron chi connectivity index (χ0n) is 21.2. The molecule has 1 aliphatic rings. The Balaban J connectivity index is 1.63. The Bertz CT molecular complexity index is 1800. The Morgan fingerprint density at radius 2 is 1.92 bits per heavy atom. The van der Waals surface area contributed by atoms with Crippen molar-refractivity contribution in [1.29, 1.82) is 0 Å². The van der Waals surface area contributed by atoms with E-state index < -0.39 is 16.9 Å². The lowest BCUT2D eigenvalue weighted by Crippen LogP contribution is -2.39. The number of allylic oxidation sites excluding steroid dienone is 1. The molecule has 0 N–H and O–H groups in total. The molecule has 2 aromatic heterocycles. The van der Waals surface area contributed by atoms with Crippen LogP contribution in [0.5, 0.6) is 5.75 Å². The summed E-state index contributed by atoms with van der Waals surface area (Å²) in [6.45, 7) is 3.61. The van der Waals surface area contributed by atoms with Crippen molar-refractivity contribution < 1.29 is 23.6 Å². The lowest BCUT2D eigenvalue weighted by Gasteiger charge is -2.24. The molecule has 0 amide bonds. The summed E-state index contributed by atoms with van der Waals surface area (Å²) in [5.74, 6) is 0.736. The number of benzene rings is 2. The van der Waals surface area contributed by atoms with E-state index in [1.165, 1.54) is 10.6 Å². The summed E-state index contributed by atoms with van der Waals surface area (Å²) < 4.78 is 18.3. The topological polar surface area (TPSA) is 126 Å². The molecule has 0 spiro atoms. The molecule has 1 aliphatic heterocycles. The van der Waals surface area contributed by atoms with Crippen LogP contribution in [0.4, 0.5) is 5.69 Å². The van der Waals surface area contributed by atoms with E-state index in [4.69, 9.17) is 13.9 Å². The molecule has 0 aliphatic carbocycles. The van der Waals surface area contributed by atoms with Crippen molar-refractivity contribution in [2.45, 2.75) is 19.9 Å². The van der Waals surface area contributed by atoms with Crippen molar-refractivity contribution in [3.05, 3.63) is 113 Å². The molecule has 0 saturated carbocycles. The first-order chi connectivity index (χ1) is 18.8. The molecule has 3 heterocycles. The molecule has 11 heteroatoms. The number of hydrogen-bond donors (Lipinski definition) is 0. The van der Waals surface area contributed by atoms with Crippen LogP contribution in [0.3, 0.4) is 0 Å². The number of esters is 1. The van der Waals surface area contributed by atoms with Crippen LogP contribution in [0.15, 0.2) is 86.1 Å². The number of para-hydroxylation sites is 1.